The number of ether oxygens (including phenoxy) is 1. The van der Waals surface area contributed by atoms with Crippen LogP contribution in [-0.4, -0.2) is 48.6 Å². The predicted molar refractivity (Wildman–Crippen MR) is 128 cm³/mol. The number of aryl methyl sites for hydroxylation is 1. The smallest absolute Gasteiger partial charge is 0.191 e. The van der Waals surface area contributed by atoms with E-state index in [1.807, 2.05) is 6.07 Å². The van der Waals surface area contributed by atoms with Gasteiger partial charge in [0.1, 0.15) is 5.75 Å². The maximum atomic E-state index is 5.80. The normalized spacial score (nSPS) is 20.2. The maximum Gasteiger partial charge on any atom is 0.191 e. The summed E-state index contributed by atoms with van der Waals surface area (Å²) in [5.74, 6) is 2.55. The minimum absolute atomic E-state index is 0.246. The molecule has 0 aliphatic carbocycles. The average molecular weight is 442 g/mol. The molecule has 1 saturated heterocycles. The van der Waals surface area contributed by atoms with Crippen molar-refractivity contribution in [2.75, 3.05) is 32.8 Å². The molecule has 4 rings (SSSR count). The van der Waals surface area contributed by atoms with E-state index in [9.17, 15) is 0 Å². The Hall–Kier alpha value is -2.12. The number of aliphatic imine (C=N–C) groups is 1. The van der Waals surface area contributed by atoms with Gasteiger partial charge in [-0.3, -0.25) is 9.89 Å². The zero-order valence-corrected chi connectivity index (χ0v) is 19.6. The van der Waals surface area contributed by atoms with Crippen molar-refractivity contribution < 1.29 is 4.74 Å². The zero-order chi connectivity index (χ0) is 21.5. The monoisotopic (exact) mass is 441 g/mol. The Kier molecular flexibility index (Phi) is 7.81. The highest BCUT2D eigenvalue weighted by Crippen LogP contribution is 2.31. The van der Waals surface area contributed by atoms with Gasteiger partial charge in [-0.25, -0.2) is 4.98 Å². The van der Waals surface area contributed by atoms with E-state index in [0.717, 1.165) is 63.9 Å². The summed E-state index contributed by atoms with van der Waals surface area (Å²) in [6.45, 7) is 10.0. The molecule has 168 valence electrons. The lowest BCUT2D eigenvalue weighted by atomic mass is 9.97. The van der Waals surface area contributed by atoms with E-state index in [2.05, 4.69) is 53.0 Å². The third-order valence-electron chi connectivity index (χ3n) is 6.12. The van der Waals surface area contributed by atoms with Crippen LogP contribution >= 0.6 is 11.3 Å². The molecule has 1 aromatic carbocycles. The first-order valence-corrected chi connectivity index (χ1v) is 12.5. The Bertz CT molecular complexity index is 859. The Labute approximate surface area is 190 Å². The van der Waals surface area contributed by atoms with Crippen LogP contribution in [0, 0.1) is 5.92 Å². The molecule has 7 heteroatoms. The lowest BCUT2D eigenvalue weighted by Crippen LogP contribution is -2.41. The number of thiazole rings is 1. The third kappa shape index (κ3) is 5.98. The van der Waals surface area contributed by atoms with Gasteiger partial charge in [-0.2, -0.15) is 0 Å². The highest BCUT2D eigenvalue weighted by Gasteiger charge is 2.23. The Morgan fingerprint density at radius 1 is 1.23 bits per heavy atom. The number of benzene rings is 1. The second-order valence-corrected chi connectivity index (χ2v) is 9.34. The van der Waals surface area contributed by atoms with Gasteiger partial charge in [-0.15, -0.1) is 11.3 Å². The number of nitrogens with zero attached hydrogens (tertiary/aromatic N) is 3. The average Bonchev–Trinajstić information content (AvgIpc) is 3.26. The molecule has 2 aliphatic heterocycles. The summed E-state index contributed by atoms with van der Waals surface area (Å²) in [5, 5.41) is 10.5. The minimum atomic E-state index is 0.246. The molecule has 3 heterocycles. The lowest BCUT2D eigenvalue weighted by molar-refractivity contribution is 0.179. The topological polar surface area (TPSA) is 61.8 Å². The van der Waals surface area contributed by atoms with Crippen molar-refractivity contribution in [3.05, 3.63) is 45.9 Å². The zero-order valence-electron chi connectivity index (χ0n) is 18.8. The fourth-order valence-corrected chi connectivity index (χ4v) is 5.07. The van der Waals surface area contributed by atoms with Crippen LogP contribution in [0.25, 0.3) is 0 Å². The molecule has 0 radical (unpaired) electrons. The number of para-hydroxylation sites is 1. The summed E-state index contributed by atoms with van der Waals surface area (Å²) in [6, 6.07) is 8.56. The summed E-state index contributed by atoms with van der Waals surface area (Å²) in [7, 11) is 0. The summed E-state index contributed by atoms with van der Waals surface area (Å²) < 4.78 is 5.80. The Morgan fingerprint density at radius 2 is 2.06 bits per heavy atom. The molecule has 1 fully saturated rings. The number of hydrogen-bond acceptors (Lipinski definition) is 5. The number of guanidine groups is 1. The van der Waals surface area contributed by atoms with Gasteiger partial charge in [0.05, 0.1) is 23.4 Å². The molecule has 0 amide bonds. The van der Waals surface area contributed by atoms with E-state index in [0.29, 0.717) is 5.92 Å². The quantitative estimate of drug-likeness (QED) is 0.502. The standard InChI is InChI=1S/C24H35N5OS/c1-3-23-27-19(17-31-23)16-29-12-9-18(10-13-29)15-26-24(25-4-2)28-21-11-14-30-22-8-6-5-7-20(21)22/h5-8,17-18,21H,3-4,9-16H2,1-2H3,(H2,25,26,28). The van der Waals surface area contributed by atoms with E-state index in [-0.39, 0.29) is 6.04 Å². The SMILES string of the molecule is CCNC(=NCC1CCN(Cc2csc(CC)n2)CC1)NC1CCOc2ccccc21. The molecule has 1 atom stereocenters. The van der Waals surface area contributed by atoms with Crippen molar-refractivity contribution in [2.45, 2.75) is 52.1 Å². The first-order chi connectivity index (χ1) is 15.2. The molecule has 1 aromatic heterocycles. The minimum Gasteiger partial charge on any atom is -0.493 e. The van der Waals surface area contributed by atoms with Crippen molar-refractivity contribution in [3.8, 4) is 5.75 Å². The Morgan fingerprint density at radius 3 is 2.84 bits per heavy atom. The molecule has 0 spiro atoms. The number of piperidine rings is 1. The predicted octanol–water partition coefficient (Wildman–Crippen LogP) is 4.00. The van der Waals surface area contributed by atoms with Crippen LogP contribution in [0.1, 0.15) is 55.4 Å². The molecule has 2 aromatic rings. The number of aromatic nitrogens is 1. The van der Waals surface area contributed by atoms with Gasteiger partial charge in [0.25, 0.3) is 0 Å². The molecular weight excluding hydrogens is 406 g/mol. The summed E-state index contributed by atoms with van der Waals surface area (Å²) in [5.41, 5.74) is 2.45. The Balaban J connectivity index is 1.28. The second-order valence-electron chi connectivity index (χ2n) is 8.40. The van der Waals surface area contributed by atoms with Crippen LogP contribution in [0.4, 0.5) is 0 Å². The van der Waals surface area contributed by atoms with Crippen LogP contribution in [0.5, 0.6) is 5.75 Å². The van der Waals surface area contributed by atoms with E-state index >= 15 is 0 Å². The van der Waals surface area contributed by atoms with Crippen LogP contribution in [0.15, 0.2) is 34.6 Å². The van der Waals surface area contributed by atoms with Crippen LogP contribution < -0.4 is 15.4 Å². The number of nitrogens with one attached hydrogen (secondary N) is 2. The fraction of sp³-hybridized carbons (Fsp3) is 0.583. The van der Waals surface area contributed by atoms with Crippen LogP contribution in [0.2, 0.25) is 0 Å². The van der Waals surface area contributed by atoms with E-state index in [1.54, 1.807) is 11.3 Å². The van der Waals surface area contributed by atoms with Crippen LogP contribution in [-0.2, 0) is 13.0 Å². The van der Waals surface area contributed by atoms with Crippen molar-refractivity contribution in [2.24, 2.45) is 10.9 Å². The molecule has 6 nitrogen and oxygen atoms in total. The van der Waals surface area contributed by atoms with Crippen molar-refractivity contribution in [1.82, 2.24) is 20.5 Å². The van der Waals surface area contributed by atoms with Gasteiger partial charge in [0.2, 0.25) is 0 Å². The molecule has 0 saturated carbocycles. The van der Waals surface area contributed by atoms with Crippen molar-refractivity contribution >= 4 is 17.3 Å². The number of likely N-dealkylation sites (tertiary alicyclic amines) is 1. The number of fused-ring (bicyclic) bond motifs is 1. The highest BCUT2D eigenvalue weighted by atomic mass is 32.1. The molecule has 0 bridgehead atoms. The van der Waals surface area contributed by atoms with Gasteiger partial charge in [-0.1, -0.05) is 25.1 Å². The van der Waals surface area contributed by atoms with Gasteiger partial charge in [-0.05, 0) is 51.3 Å². The molecular formula is C24H35N5OS. The number of rotatable bonds is 7. The highest BCUT2D eigenvalue weighted by molar-refractivity contribution is 7.09. The molecule has 31 heavy (non-hydrogen) atoms. The van der Waals surface area contributed by atoms with E-state index in [4.69, 9.17) is 14.7 Å². The first kappa shape index (κ1) is 22.1. The van der Waals surface area contributed by atoms with Gasteiger partial charge >= 0.3 is 0 Å². The van der Waals surface area contributed by atoms with E-state index in [1.165, 1.54) is 29.1 Å². The van der Waals surface area contributed by atoms with Crippen molar-refractivity contribution in [3.63, 3.8) is 0 Å². The van der Waals surface area contributed by atoms with Gasteiger partial charge in [0, 0.05) is 37.0 Å². The fourth-order valence-electron chi connectivity index (χ4n) is 4.34. The van der Waals surface area contributed by atoms with Crippen LogP contribution in [0.3, 0.4) is 0 Å². The van der Waals surface area contributed by atoms with Gasteiger partial charge in [0.15, 0.2) is 5.96 Å². The largest absolute Gasteiger partial charge is 0.493 e. The van der Waals surface area contributed by atoms with E-state index < -0.39 is 0 Å². The van der Waals surface area contributed by atoms with Gasteiger partial charge < -0.3 is 15.4 Å². The first-order valence-electron chi connectivity index (χ1n) is 11.7. The second kappa shape index (κ2) is 11.0. The summed E-state index contributed by atoms with van der Waals surface area (Å²) in [4.78, 5) is 12.2. The summed E-state index contributed by atoms with van der Waals surface area (Å²) >= 11 is 1.79. The maximum absolute atomic E-state index is 5.80. The molecule has 2 N–H and O–H groups in total. The summed E-state index contributed by atoms with van der Waals surface area (Å²) in [6.07, 6.45) is 4.39. The lowest BCUT2D eigenvalue weighted by Gasteiger charge is -2.31. The van der Waals surface area contributed by atoms with Crippen molar-refractivity contribution in [1.29, 1.82) is 0 Å². The molecule has 2 aliphatic rings. The third-order valence-corrected chi connectivity index (χ3v) is 7.16. The number of hydrogen-bond donors (Lipinski definition) is 2. The molecule has 1 unspecified atom stereocenters.